The monoisotopic (exact) mass is 354 g/mol. The molecule has 108 valence electrons. The molecule has 1 heterocycles. The fourth-order valence-corrected chi connectivity index (χ4v) is 2.87. The molecule has 2 nitrogen and oxygen atoms in total. The fourth-order valence-electron chi connectivity index (χ4n) is 2.14. The third-order valence-electron chi connectivity index (χ3n) is 3.34. The Bertz CT molecular complexity index is 565. The number of benzene rings is 1. The summed E-state index contributed by atoms with van der Waals surface area (Å²) in [6, 6.07) is 8.57. The van der Waals surface area contributed by atoms with Crippen LogP contribution in [0.1, 0.15) is 37.4 Å². The number of hydrogen-bond donors (Lipinski definition) is 1. The van der Waals surface area contributed by atoms with E-state index in [4.69, 9.17) is 11.6 Å². The third kappa shape index (κ3) is 4.11. The van der Waals surface area contributed by atoms with Crippen molar-refractivity contribution in [2.75, 3.05) is 6.54 Å². The molecule has 0 saturated carbocycles. The van der Waals surface area contributed by atoms with E-state index < -0.39 is 0 Å². The van der Waals surface area contributed by atoms with Crippen molar-refractivity contribution in [3.05, 3.63) is 57.3 Å². The Labute approximate surface area is 134 Å². The van der Waals surface area contributed by atoms with Crippen molar-refractivity contribution in [2.45, 2.75) is 32.9 Å². The van der Waals surface area contributed by atoms with Gasteiger partial charge in [0.1, 0.15) is 0 Å². The molecule has 0 aliphatic rings. The lowest BCUT2D eigenvalue weighted by Gasteiger charge is -2.11. The molecule has 0 fully saturated rings. The SMILES string of the molecule is CCCNC(C)c1ccn(Cc2ccc(Br)cc2Cl)c1. The molecule has 0 aliphatic carbocycles. The van der Waals surface area contributed by atoms with Gasteiger partial charge in [-0.05, 0) is 49.2 Å². The number of nitrogens with zero attached hydrogens (tertiary/aromatic N) is 1. The molecule has 0 aliphatic heterocycles. The first-order valence-electron chi connectivity index (χ1n) is 6.93. The molecule has 1 atom stereocenters. The van der Waals surface area contributed by atoms with Gasteiger partial charge >= 0.3 is 0 Å². The van der Waals surface area contributed by atoms with E-state index in [-0.39, 0.29) is 0 Å². The molecule has 1 aromatic heterocycles. The van der Waals surface area contributed by atoms with Gasteiger partial charge in [0.05, 0.1) is 0 Å². The average Bonchev–Trinajstić information content (AvgIpc) is 2.88. The van der Waals surface area contributed by atoms with Crippen LogP contribution in [0.25, 0.3) is 0 Å². The fraction of sp³-hybridized carbons (Fsp3) is 0.375. The summed E-state index contributed by atoms with van der Waals surface area (Å²) in [4.78, 5) is 0. The lowest BCUT2D eigenvalue weighted by atomic mass is 10.2. The average molecular weight is 356 g/mol. The van der Waals surface area contributed by atoms with E-state index in [2.05, 4.69) is 64.2 Å². The van der Waals surface area contributed by atoms with Gasteiger partial charge in [0.2, 0.25) is 0 Å². The second-order valence-corrected chi connectivity index (χ2v) is 6.35. The first-order valence-corrected chi connectivity index (χ1v) is 8.10. The van der Waals surface area contributed by atoms with Gasteiger partial charge in [-0.1, -0.05) is 40.5 Å². The zero-order valence-corrected chi connectivity index (χ0v) is 14.2. The van der Waals surface area contributed by atoms with Crippen LogP contribution in [0, 0.1) is 0 Å². The van der Waals surface area contributed by atoms with Crippen LogP contribution in [0.2, 0.25) is 5.02 Å². The zero-order valence-electron chi connectivity index (χ0n) is 11.9. The smallest absolute Gasteiger partial charge is 0.0485 e. The summed E-state index contributed by atoms with van der Waals surface area (Å²) in [7, 11) is 0. The minimum atomic E-state index is 0.386. The maximum absolute atomic E-state index is 6.26. The molecule has 0 bridgehead atoms. The number of nitrogens with one attached hydrogen (secondary N) is 1. The van der Waals surface area contributed by atoms with Crippen molar-refractivity contribution in [3.8, 4) is 0 Å². The van der Waals surface area contributed by atoms with Gasteiger partial charge in [-0.2, -0.15) is 0 Å². The lowest BCUT2D eigenvalue weighted by molar-refractivity contribution is 0.569. The molecule has 0 spiro atoms. The van der Waals surface area contributed by atoms with Crippen LogP contribution < -0.4 is 5.32 Å². The van der Waals surface area contributed by atoms with E-state index >= 15 is 0 Å². The molecule has 2 rings (SSSR count). The van der Waals surface area contributed by atoms with Crippen molar-refractivity contribution < 1.29 is 0 Å². The first-order chi connectivity index (χ1) is 9.60. The van der Waals surface area contributed by atoms with Crippen LogP contribution in [0.3, 0.4) is 0 Å². The maximum Gasteiger partial charge on any atom is 0.0485 e. The minimum Gasteiger partial charge on any atom is -0.350 e. The highest BCUT2D eigenvalue weighted by Gasteiger charge is 2.07. The van der Waals surface area contributed by atoms with Crippen LogP contribution in [0.15, 0.2) is 41.1 Å². The van der Waals surface area contributed by atoms with Gasteiger partial charge < -0.3 is 9.88 Å². The molecule has 0 saturated heterocycles. The van der Waals surface area contributed by atoms with E-state index in [1.165, 1.54) is 5.56 Å². The Morgan fingerprint density at radius 3 is 2.85 bits per heavy atom. The van der Waals surface area contributed by atoms with Crippen molar-refractivity contribution in [3.63, 3.8) is 0 Å². The standard InChI is InChI=1S/C16H20BrClN2/c1-3-7-19-12(2)13-6-8-20(10-13)11-14-4-5-15(17)9-16(14)18/h4-6,8-10,12,19H,3,7,11H2,1-2H3. The highest BCUT2D eigenvalue weighted by atomic mass is 79.9. The zero-order chi connectivity index (χ0) is 14.5. The largest absolute Gasteiger partial charge is 0.350 e. The van der Waals surface area contributed by atoms with Crippen LogP contribution in [-0.2, 0) is 6.54 Å². The molecule has 0 amide bonds. The molecule has 1 unspecified atom stereocenters. The Hall–Kier alpha value is -0.770. The Morgan fingerprint density at radius 1 is 1.35 bits per heavy atom. The summed E-state index contributed by atoms with van der Waals surface area (Å²) in [6.45, 7) is 6.22. The quantitative estimate of drug-likeness (QED) is 0.770. The number of aromatic nitrogens is 1. The summed E-state index contributed by atoms with van der Waals surface area (Å²) in [5, 5.41) is 4.30. The van der Waals surface area contributed by atoms with Crippen molar-refractivity contribution >= 4 is 27.5 Å². The minimum absolute atomic E-state index is 0.386. The van der Waals surface area contributed by atoms with E-state index in [0.29, 0.717) is 6.04 Å². The number of halogens is 2. The second-order valence-electron chi connectivity index (χ2n) is 5.03. The van der Waals surface area contributed by atoms with Crippen molar-refractivity contribution in [1.29, 1.82) is 0 Å². The third-order valence-corrected chi connectivity index (χ3v) is 4.19. The van der Waals surface area contributed by atoms with Gasteiger partial charge in [-0.25, -0.2) is 0 Å². The maximum atomic E-state index is 6.26. The summed E-state index contributed by atoms with van der Waals surface area (Å²) in [6.07, 6.45) is 5.45. The summed E-state index contributed by atoms with van der Waals surface area (Å²) < 4.78 is 3.19. The molecule has 2 aromatic rings. The van der Waals surface area contributed by atoms with Crippen LogP contribution in [0.4, 0.5) is 0 Å². The first kappa shape index (κ1) is 15.6. The van der Waals surface area contributed by atoms with Gasteiger partial charge in [-0.15, -0.1) is 0 Å². The lowest BCUT2D eigenvalue weighted by Crippen LogP contribution is -2.18. The predicted octanol–water partition coefficient (Wildman–Crippen LogP) is 5.01. The van der Waals surface area contributed by atoms with Crippen molar-refractivity contribution in [1.82, 2.24) is 9.88 Å². The van der Waals surface area contributed by atoms with Crippen LogP contribution in [-0.4, -0.2) is 11.1 Å². The van der Waals surface area contributed by atoms with E-state index in [1.54, 1.807) is 0 Å². The summed E-state index contributed by atoms with van der Waals surface area (Å²) in [5.41, 5.74) is 2.44. The van der Waals surface area contributed by atoms with Crippen molar-refractivity contribution in [2.24, 2.45) is 0 Å². The molecule has 1 aromatic carbocycles. The number of rotatable bonds is 6. The molecule has 20 heavy (non-hydrogen) atoms. The Morgan fingerprint density at radius 2 is 2.15 bits per heavy atom. The predicted molar refractivity (Wildman–Crippen MR) is 89.4 cm³/mol. The molecule has 4 heteroatoms. The second kappa shape index (κ2) is 7.30. The molecular formula is C16H20BrClN2. The Balaban J connectivity index is 2.05. The van der Waals surface area contributed by atoms with E-state index in [9.17, 15) is 0 Å². The van der Waals surface area contributed by atoms with Gasteiger partial charge in [0.15, 0.2) is 0 Å². The molecular weight excluding hydrogens is 336 g/mol. The van der Waals surface area contributed by atoms with Gasteiger partial charge in [0.25, 0.3) is 0 Å². The number of hydrogen-bond acceptors (Lipinski definition) is 1. The van der Waals surface area contributed by atoms with Gasteiger partial charge in [-0.3, -0.25) is 0 Å². The topological polar surface area (TPSA) is 17.0 Å². The summed E-state index contributed by atoms with van der Waals surface area (Å²) in [5.74, 6) is 0. The summed E-state index contributed by atoms with van der Waals surface area (Å²) >= 11 is 9.69. The molecule has 1 N–H and O–H groups in total. The molecule has 0 radical (unpaired) electrons. The highest BCUT2D eigenvalue weighted by Crippen LogP contribution is 2.23. The van der Waals surface area contributed by atoms with E-state index in [1.807, 2.05) is 12.1 Å². The van der Waals surface area contributed by atoms with Gasteiger partial charge in [0, 0.05) is 34.5 Å². The normalized spacial score (nSPS) is 12.6. The van der Waals surface area contributed by atoms with E-state index in [0.717, 1.165) is 34.6 Å². The Kier molecular flexibility index (Phi) is 5.70. The highest BCUT2D eigenvalue weighted by molar-refractivity contribution is 9.10. The van der Waals surface area contributed by atoms with Crippen LogP contribution >= 0.6 is 27.5 Å². The van der Waals surface area contributed by atoms with Crippen LogP contribution in [0.5, 0.6) is 0 Å².